The van der Waals surface area contributed by atoms with E-state index in [2.05, 4.69) is 24.5 Å². The van der Waals surface area contributed by atoms with Crippen molar-refractivity contribution < 1.29 is 14.3 Å². The van der Waals surface area contributed by atoms with Gasteiger partial charge < -0.3 is 20.3 Å². The number of ether oxygens (including phenoxy) is 1. The van der Waals surface area contributed by atoms with E-state index in [1.165, 1.54) is 5.56 Å². The average molecular weight is 367 g/mol. The molecule has 1 heterocycles. The number of nitrogens with zero attached hydrogens (tertiary/aromatic N) is 1. The minimum Gasteiger partial charge on any atom is -0.497 e. The summed E-state index contributed by atoms with van der Waals surface area (Å²) in [5.41, 5.74) is 2.72. The van der Waals surface area contributed by atoms with Crippen LogP contribution in [0.4, 0.5) is 16.2 Å². The van der Waals surface area contributed by atoms with Crippen LogP contribution >= 0.6 is 0 Å². The highest BCUT2D eigenvalue weighted by Crippen LogP contribution is 2.25. The van der Waals surface area contributed by atoms with Gasteiger partial charge in [0.2, 0.25) is 5.91 Å². The SMILES string of the molecule is COc1cccc(N2C[C@@H](NC(=O)Nc3ccc(C(C)C)cc3)CC2=O)c1. The maximum atomic E-state index is 12.3. The third-order valence-corrected chi connectivity index (χ3v) is 4.66. The van der Waals surface area contributed by atoms with Gasteiger partial charge in [-0.05, 0) is 35.7 Å². The summed E-state index contributed by atoms with van der Waals surface area (Å²) in [6, 6.07) is 14.6. The maximum Gasteiger partial charge on any atom is 0.319 e. The summed E-state index contributed by atoms with van der Waals surface area (Å²) >= 11 is 0. The Kier molecular flexibility index (Phi) is 5.64. The lowest BCUT2D eigenvalue weighted by Gasteiger charge is -2.18. The van der Waals surface area contributed by atoms with Crippen LogP contribution in [0.1, 0.15) is 31.7 Å². The first-order valence-corrected chi connectivity index (χ1v) is 9.08. The molecule has 0 bridgehead atoms. The van der Waals surface area contributed by atoms with Crippen molar-refractivity contribution in [2.75, 3.05) is 23.9 Å². The third-order valence-electron chi connectivity index (χ3n) is 4.66. The van der Waals surface area contributed by atoms with Crippen molar-refractivity contribution in [3.8, 4) is 5.75 Å². The minimum absolute atomic E-state index is 0.0187. The first kappa shape index (κ1) is 18.8. The molecule has 2 aromatic rings. The lowest BCUT2D eigenvalue weighted by molar-refractivity contribution is -0.117. The Morgan fingerprint density at radius 3 is 2.59 bits per heavy atom. The highest BCUT2D eigenvalue weighted by atomic mass is 16.5. The number of anilines is 2. The smallest absolute Gasteiger partial charge is 0.319 e. The van der Waals surface area contributed by atoms with Crippen LogP contribution in [0.5, 0.6) is 5.75 Å². The number of carbonyl (C=O) groups excluding carboxylic acids is 2. The van der Waals surface area contributed by atoms with E-state index in [0.29, 0.717) is 18.2 Å². The zero-order chi connectivity index (χ0) is 19.4. The molecule has 0 aromatic heterocycles. The van der Waals surface area contributed by atoms with Gasteiger partial charge in [0.15, 0.2) is 0 Å². The van der Waals surface area contributed by atoms with Crippen molar-refractivity contribution in [2.24, 2.45) is 0 Å². The second-order valence-corrected chi connectivity index (χ2v) is 6.98. The Morgan fingerprint density at radius 2 is 1.93 bits per heavy atom. The predicted molar refractivity (Wildman–Crippen MR) is 106 cm³/mol. The number of amides is 3. The molecule has 27 heavy (non-hydrogen) atoms. The molecule has 6 heteroatoms. The van der Waals surface area contributed by atoms with Crippen LogP contribution in [0.3, 0.4) is 0 Å². The summed E-state index contributed by atoms with van der Waals surface area (Å²) in [6.07, 6.45) is 0.275. The summed E-state index contributed by atoms with van der Waals surface area (Å²) in [4.78, 5) is 26.3. The number of methoxy groups -OCH3 is 1. The van der Waals surface area contributed by atoms with Crippen LogP contribution in [0.15, 0.2) is 48.5 Å². The highest BCUT2D eigenvalue weighted by molar-refractivity contribution is 5.97. The van der Waals surface area contributed by atoms with Crippen molar-refractivity contribution in [3.63, 3.8) is 0 Å². The van der Waals surface area contributed by atoms with Gasteiger partial charge in [-0.25, -0.2) is 4.79 Å². The molecule has 0 aliphatic carbocycles. The molecule has 0 radical (unpaired) electrons. The Bertz CT molecular complexity index is 818. The van der Waals surface area contributed by atoms with Crippen LogP contribution in [0.2, 0.25) is 0 Å². The van der Waals surface area contributed by atoms with Crippen LogP contribution in [-0.2, 0) is 4.79 Å². The summed E-state index contributed by atoms with van der Waals surface area (Å²) < 4.78 is 5.21. The van der Waals surface area contributed by atoms with E-state index in [1.54, 1.807) is 12.0 Å². The van der Waals surface area contributed by atoms with Crippen LogP contribution in [0.25, 0.3) is 0 Å². The fourth-order valence-electron chi connectivity index (χ4n) is 3.14. The number of hydrogen-bond donors (Lipinski definition) is 2. The zero-order valence-corrected chi connectivity index (χ0v) is 15.9. The van der Waals surface area contributed by atoms with Crippen molar-refractivity contribution in [2.45, 2.75) is 32.2 Å². The molecule has 142 valence electrons. The predicted octanol–water partition coefficient (Wildman–Crippen LogP) is 3.75. The lowest BCUT2D eigenvalue weighted by Crippen LogP contribution is -2.39. The molecule has 1 fully saturated rings. The normalized spacial score (nSPS) is 16.5. The largest absolute Gasteiger partial charge is 0.497 e. The molecule has 3 rings (SSSR count). The van der Waals surface area contributed by atoms with Gasteiger partial charge in [0.05, 0.1) is 13.2 Å². The zero-order valence-electron chi connectivity index (χ0n) is 15.9. The second-order valence-electron chi connectivity index (χ2n) is 6.98. The van der Waals surface area contributed by atoms with Crippen LogP contribution in [0, 0.1) is 0 Å². The van der Waals surface area contributed by atoms with E-state index in [1.807, 2.05) is 48.5 Å². The molecule has 1 aliphatic heterocycles. The Morgan fingerprint density at radius 1 is 1.19 bits per heavy atom. The monoisotopic (exact) mass is 367 g/mol. The third kappa shape index (κ3) is 4.58. The van der Waals surface area contributed by atoms with E-state index in [4.69, 9.17) is 4.74 Å². The number of rotatable bonds is 5. The van der Waals surface area contributed by atoms with E-state index >= 15 is 0 Å². The fraction of sp³-hybridized carbons (Fsp3) is 0.333. The molecular weight excluding hydrogens is 342 g/mol. The number of carbonyl (C=O) groups is 2. The first-order valence-electron chi connectivity index (χ1n) is 9.08. The minimum atomic E-state index is -0.308. The van der Waals surface area contributed by atoms with Crippen LogP contribution < -0.4 is 20.3 Å². The van der Waals surface area contributed by atoms with E-state index in [-0.39, 0.29) is 24.4 Å². The quantitative estimate of drug-likeness (QED) is 0.846. The molecule has 2 N–H and O–H groups in total. The van der Waals surface area contributed by atoms with Gasteiger partial charge in [-0.1, -0.05) is 32.0 Å². The van der Waals surface area contributed by atoms with Gasteiger partial charge in [0, 0.05) is 30.4 Å². The summed E-state index contributed by atoms with van der Waals surface area (Å²) in [7, 11) is 1.59. The average Bonchev–Trinajstić information content (AvgIpc) is 3.02. The number of hydrogen-bond acceptors (Lipinski definition) is 3. The summed E-state index contributed by atoms with van der Waals surface area (Å²) in [5, 5.41) is 5.70. The molecule has 1 saturated heterocycles. The number of urea groups is 1. The topological polar surface area (TPSA) is 70.7 Å². The van der Waals surface area contributed by atoms with Gasteiger partial charge >= 0.3 is 6.03 Å². The number of nitrogens with one attached hydrogen (secondary N) is 2. The molecule has 2 aromatic carbocycles. The molecule has 1 atom stereocenters. The number of benzene rings is 2. The highest BCUT2D eigenvalue weighted by Gasteiger charge is 2.31. The van der Waals surface area contributed by atoms with Crippen molar-refractivity contribution in [1.29, 1.82) is 0 Å². The van der Waals surface area contributed by atoms with Gasteiger partial charge in [-0.3, -0.25) is 4.79 Å². The van der Waals surface area contributed by atoms with Crippen molar-refractivity contribution in [1.82, 2.24) is 5.32 Å². The van der Waals surface area contributed by atoms with E-state index in [0.717, 1.165) is 11.4 Å². The van der Waals surface area contributed by atoms with Gasteiger partial charge in [-0.15, -0.1) is 0 Å². The molecular formula is C21H25N3O3. The standard InChI is InChI=1S/C21H25N3O3/c1-14(2)15-7-9-16(10-8-15)22-21(26)23-17-11-20(25)24(13-17)18-5-4-6-19(12-18)27-3/h4-10,12,14,17H,11,13H2,1-3H3,(H2,22,23,26)/t17-/m0/s1. The molecule has 0 unspecified atom stereocenters. The van der Waals surface area contributed by atoms with Gasteiger partial charge in [0.25, 0.3) is 0 Å². The molecule has 0 spiro atoms. The maximum absolute atomic E-state index is 12.3. The fourth-order valence-corrected chi connectivity index (χ4v) is 3.14. The van der Waals surface area contributed by atoms with Crippen molar-refractivity contribution in [3.05, 3.63) is 54.1 Å². The van der Waals surface area contributed by atoms with Gasteiger partial charge in [-0.2, -0.15) is 0 Å². The van der Waals surface area contributed by atoms with E-state index < -0.39 is 0 Å². The molecule has 0 saturated carbocycles. The Labute approximate surface area is 159 Å². The molecule has 6 nitrogen and oxygen atoms in total. The van der Waals surface area contributed by atoms with Crippen molar-refractivity contribution >= 4 is 23.3 Å². The first-order chi connectivity index (χ1) is 13.0. The molecule has 3 amide bonds. The summed E-state index contributed by atoms with van der Waals surface area (Å²) in [5.74, 6) is 1.12. The lowest BCUT2D eigenvalue weighted by atomic mass is 10.0. The Hall–Kier alpha value is -3.02. The van der Waals surface area contributed by atoms with Gasteiger partial charge in [0.1, 0.15) is 5.75 Å². The Balaban J connectivity index is 1.58. The molecule has 1 aliphatic rings. The second kappa shape index (κ2) is 8.12. The van der Waals surface area contributed by atoms with Crippen LogP contribution in [-0.4, -0.2) is 31.6 Å². The van der Waals surface area contributed by atoms with E-state index in [9.17, 15) is 9.59 Å². The summed E-state index contributed by atoms with van der Waals surface area (Å²) in [6.45, 7) is 4.69.